The molecule has 28 heavy (non-hydrogen) atoms. The van der Waals surface area contributed by atoms with Gasteiger partial charge in [0.1, 0.15) is 5.69 Å². The molecule has 0 unspecified atom stereocenters. The predicted octanol–water partition coefficient (Wildman–Crippen LogP) is 3.68. The van der Waals surface area contributed by atoms with Crippen molar-refractivity contribution in [1.29, 1.82) is 0 Å². The molecule has 2 aromatic heterocycles. The minimum atomic E-state index is -3.57. The van der Waals surface area contributed by atoms with Crippen LogP contribution in [-0.2, 0) is 10.0 Å². The van der Waals surface area contributed by atoms with Crippen LogP contribution in [0.3, 0.4) is 0 Å². The molecule has 9 heteroatoms. The zero-order valence-electron chi connectivity index (χ0n) is 15.2. The quantitative estimate of drug-likeness (QED) is 0.626. The number of hydrogen-bond acceptors (Lipinski definition) is 6. The van der Waals surface area contributed by atoms with Gasteiger partial charge in [-0.2, -0.15) is 4.31 Å². The van der Waals surface area contributed by atoms with Gasteiger partial charge in [-0.3, -0.25) is 0 Å². The van der Waals surface area contributed by atoms with Crippen molar-refractivity contribution in [3.8, 4) is 10.6 Å². The average Bonchev–Trinajstić information content (AvgIpc) is 3.25. The first kappa shape index (κ1) is 19.3. The van der Waals surface area contributed by atoms with Crippen LogP contribution in [0, 0.1) is 6.92 Å². The molecule has 0 spiro atoms. The van der Waals surface area contributed by atoms with Crippen molar-refractivity contribution in [3.63, 3.8) is 0 Å². The number of halogens is 1. The number of anilines is 1. The number of benzene rings is 1. The van der Waals surface area contributed by atoms with Gasteiger partial charge in [-0.05, 0) is 48.2 Å². The SMILES string of the molecule is Cc1ccc(Cl)cc1S(=O)(=O)N1CCN(c2ccc(-c3cccs3)nn2)CC1. The Labute approximate surface area is 173 Å². The molecule has 1 fully saturated rings. The van der Waals surface area contributed by atoms with Gasteiger partial charge in [0.05, 0.1) is 9.77 Å². The molecular formula is C19H19ClN4O2S2. The van der Waals surface area contributed by atoms with Crippen molar-refractivity contribution < 1.29 is 8.42 Å². The summed E-state index contributed by atoms with van der Waals surface area (Å²) >= 11 is 7.63. The largest absolute Gasteiger partial charge is 0.352 e. The zero-order chi connectivity index (χ0) is 19.7. The van der Waals surface area contributed by atoms with Gasteiger partial charge >= 0.3 is 0 Å². The highest BCUT2D eigenvalue weighted by Gasteiger charge is 2.30. The summed E-state index contributed by atoms with van der Waals surface area (Å²) in [5.74, 6) is 0.760. The molecule has 0 N–H and O–H groups in total. The fraction of sp³-hybridized carbons (Fsp3) is 0.263. The van der Waals surface area contributed by atoms with E-state index in [-0.39, 0.29) is 4.90 Å². The summed E-state index contributed by atoms with van der Waals surface area (Å²) in [5, 5.41) is 11.1. The summed E-state index contributed by atoms with van der Waals surface area (Å²) in [6.07, 6.45) is 0. The van der Waals surface area contributed by atoms with Gasteiger partial charge in [0.15, 0.2) is 5.82 Å². The molecule has 0 atom stereocenters. The third-order valence-corrected chi connectivity index (χ3v) is 7.92. The van der Waals surface area contributed by atoms with E-state index < -0.39 is 10.0 Å². The number of nitrogens with zero attached hydrogens (tertiary/aromatic N) is 4. The van der Waals surface area contributed by atoms with E-state index in [0.29, 0.717) is 36.8 Å². The molecule has 0 aliphatic carbocycles. The summed E-state index contributed by atoms with van der Waals surface area (Å²) in [7, 11) is -3.57. The van der Waals surface area contributed by atoms with Crippen molar-refractivity contribution in [2.24, 2.45) is 0 Å². The normalized spacial score (nSPS) is 15.7. The van der Waals surface area contributed by atoms with Crippen molar-refractivity contribution in [1.82, 2.24) is 14.5 Å². The van der Waals surface area contributed by atoms with Crippen LogP contribution in [0.1, 0.15) is 5.56 Å². The lowest BCUT2D eigenvalue weighted by atomic mass is 10.2. The molecule has 1 aliphatic rings. The van der Waals surface area contributed by atoms with Crippen molar-refractivity contribution in [2.45, 2.75) is 11.8 Å². The monoisotopic (exact) mass is 434 g/mol. The van der Waals surface area contributed by atoms with Crippen molar-refractivity contribution >= 4 is 38.8 Å². The van der Waals surface area contributed by atoms with E-state index in [1.807, 2.05) is 29.6 Å². The fourth-order valence-electron chi connectivity index (χ4n) is 3.20. The minimum absolute atomic E-state index is 0.272. The van der Waals surface area contributed by atoms with Crippen molar-refractivity contribution in [3.05, 3.63) is 58.4 Å². The van der Waals surface area contributed by atoms with E-state index >= 15 is 0 Å². The second-order valence-electron chi connectivity index (χ2n) is 6.56. The van der Waals surface area contributed by atoms with Gasteiger partial charge in [0, 0.05) is 31.2 Å². The van der Waals surface area contributed by atoms with Crippen LogP contribution in [0.4, 0.5) is 5.82 Å². The first-order valence-electron chi connectivity index (χ1n) is 8.84. The number of aromatic nitrogens is 2. The number of hydrogen-bond donors (Lipinski definition) is 0. The number of aryl methyl sites for hydroxylation is 1. The number of piperazine rings is 1. The van der Waals surface area contributed by atoms with Gasteiger partial charge in [0.2, 0.25) is 10.0 Å². The number of sulfonamides is 1. The molecule has 1 aliphatic heterocycles. The van der Waals surface area contributed by atoms with E-state index in [4.69, 9.17) is 11.6 Å². The molecule has 0 radical (unpaired) electrons. The maximum atomic E-state index is 13.0. The van der Waals surface area contributed by atoms with Gasteiger partial charge in [-0.15, -0.1) is 21.5 Å². The first-order valence-corrected chi connectivity index (χ1v) is 11.5. The van der Waals surface area contributed by atoms with Gasteiger partial charge in [-0.1, -0.05) is 23.7 Å². The van der Waals surface area contributed by atoms with Crippen LogP contribution in [0.2, 0.25) is 5.02 Å². The molecule has 3 aromatic rings. The van der Waals surface area contributed by atoms with Crippen LogP contribution in [0.25, 0.3) is 10.6 Å². The topological polar surface area (TPSA) is 66.4 Å². The minimum Gasteiger partial charge on any atom is -0.352 e. The average molecular weight is 435 g/mol. The second kappa shape index (κ2) is 7.79. The van der Waals surface area contributed by atoms with E-state index in [9.17, 15) is 8.42 Å². The summed E-state index contributed by atoms with van der Waals surface area (Å²) in [6.45, 7) is 3.69. The number of rotatable bonds is 4. The third kappa shape index (κ3) is 3.77. The van der Waals surface area contributed by atoms with E-state index in [0.717, 1.165) is 16.4 Å². The summed E-state index contributed by atoms with van der Waals surface area (Å²) < 4.78 is 27.5. The Hall–Kier alpha value is -2.00. The Kier molecular flexibility index (Phi) is 5.37. The Morgan fingerprint density at radius 1 is 1.04 bits per heavy atom. The fourth-order valence-corrected chi connectivity index (χ4v) is 5.80. The van der Waals surface area contributed by atoms with Gasteiger partial charge in [0.25, 0.3) is 0 Å². The molecule has 1 aromatic carbocycles. The lowest BCUT2D eigenvalue weighted by Crippen LogP contribution is -2.49. The highest BCUT2D eigenvalue weighted by Crippen LogP contribution is 2.26. The van der Waals surface area contributed by atoms with Crippen LogP contribution in [-0.4, -0.2) is 49.1 Å². The summed E-state index contributed by atoms with van der Waals surface area (Å²) in [6, 6.07) is 12.8. The van der Waals surface area contributed by atoms with E-state index in [1.54, 1.807) is 30.4 Å². The summed E-state index contributed by atoms with van der Waals surface area (Å²) in [5.41, 5.74) is 1.54. The van der Waals surface area contributed by atoms with E-state index in [2.05, 4.69) is 15.1 Å². The van der Waals surface area contributed by atoms with Crippen LogP contribution >= 0.6 is 22.9 Å². The Bertz CT molecular complexity index is 1060. The lowest BCUT2D eigenvalue weighted by Gasteiger charge is -2.34. The third-order valence-electron chi connectivity index (χ3n) is 4.75. The molecule has 6 nitrogen and oxygen atoms in total. The van der Waals surface area contributed by atoms with Crippen LogP contribution in [0.15, 0.2) is 52.7 Å². The lowest BCUT2D eigenvalue weighted by molar-refractivity contribution is 0.383. The van der Waals surface area contributed by atoms with Crippen LogP contribution < -0.4 is 4.90 Å². The maximum absolute atomic E-state index is 13.0. The van der Waals surface area contributed by atoms with Gasteiger partial charge in [-0.25, -0.2) is 8.42 Å². The highest BCUT2D eigenvalue weighted by atomic mass is 35.5. The molecule has 0 amide bonds. The second-order valence-corrected chi connectivity index (χ2v) is 9.85. The van der Waals surface area contributed by atoms with Gasteiger partial charge < -0.3 is 4.90 Å². The predicted molar refractivity (Wildman–Crippen MR) is 113 cm³/mol. The molecule has 146 valence electrons. The molecule has 3 heterocycles. The molecule has 0 bridgehead atoms. The highest BCUT2D eigenvalue weighted by molar-refractivity contribution is 7.89. The van der Waals surface area contributed by atoms with Crippen molar-refractivity contribution in [2.75, 3.05) is 31.1 Å². The molecule has 4 rings (SSSR count). The summed E-state index contributed by atoms with van der Waals surface area (Å²) in [4.78, 5) is 3.41. The molecular weight excluding hydrogens is 416 g/mol. The first-order chi connectivity index (χ1) is 13.4. The van der Waals surface area contributed by atoms with Crippen LogP contribution in [0.5, 0.6) is 0 Å². The van der Waals surface area contributed by atoms with E-state index in [1.165, 1.54) is 10.4 Å². The standard InChI is InChI=1S/C19H19ClN4O2S2/c1-14-4-5-15(20)13-18(14)28(25,26)24-10-8-23(9-11-24)19-7-6-16(21-22-19)17-3-2-12-27-17/h2-7,12-13H,8-11H2,1H3. The smallest absolute Gasteiger partial charge is 0.243 e. The maximum Gasteiger partial charge on any atom is 0.243 e. The molecule has 0 saturated carbocycles. The Morgan fingerprint density at radius 3 is 2.46 bits per heavy atom. The Morgan fingerprint density at radius 2 is 1.82 bits per heavy atom. The Balaban J connectivity index is 1.46. The molecule has 1 saturated heterocycles. The zero-order valence-corrected chi connectivity index (χ0v) is 17.6. The number of thiophene rings is 1.